The largest absolute Gasteiger partial charge is 0.481 e. The zero-order valence-corrected chi connectivity index (χ0v) is 26.9. The van der Waals surface area contributed by atoms with E-state index in [1.807, 2.05) is 13.8 Å². The van der Waals surface area contributed by atoms with Gasteiger partial charge in [-0.15, -0.1) is 0 Å². The highest BCUT2D eigenvalue weighted by molar-refractivity contribution is 5.70. The Hall–Kier alpha value is -3.62. The third kappa shape index (κ3) is 9.29. The molecule has 266 valence electrons. The maximum atomic E-state index is 13.7. The van der Waals surface area contributed by atoms with Crippen molar-refractivity contribution in [3.8, 4) is 0 Å². The van der Waals surface area contributed by atoms with E-state index in [9.17, 15) is 46.1 Å². The van der Waals surface area contributed by atoms with Crippen molar-refractivity contribution in [3.63, 3.8) is 0 Å². The predicted molar refractivity (Wildman–Crippen MR) is 163 cm³/mol. The molecule has 1 aliphatic carbocycles. The summed E-state index contributed by atoms with van der Waals surface area (Å²) in [4.78, 5) is 37.1. The van der Waals surface area contributed by atoms with Crippen LogP contribution in [0.3, 0.4) is 0 Å². The number of likely N-dealkylation sites (tertiary alicyclic amines) is 1. The van der Waals surface area contributed by atoms with E-state index < -0.39 is 53.6 Å². The number of carboxylic acid groups (broad SMARTS) is 1. The molecule has 2 aliphatic rings. The first kappa shape index (κ1) is 37.2. The molecule has 1 saturated carbocycles. The van der Waals surface area contributed by atoms with Crippen molar-refractivity contribution in [3.05, 3.63) is 52.8 Å². The smallest absolute Gasteiger partial charge is 0.416 e. The van der Waals surface area contributed by atoms with E-state index in [1.165, 1.54) is 12.4 Å². The molecule has 2 fully saturated rings. The van der Waals surface area contributed by atoms with Crippen LogP contribution in [0.4, 0.5) is 37.1 Å². The third-order valence-electron chi connectivity index (χ3n) is 9.33. The lowest BCUT2D eigenvalue weighted by atomic mass is 9.87. The average molecular weight is 689 g/mol. The van der Waals surface area contributed by atoms with Crippen LogP contribution in [-0.2, 0) is 34.8 Å². The van der Waals surface area contributed by atoms with Crippen molar-refractivity contribution < 1.29 is 50.9 Å². The van der Waals surface area contributed by atoms with Crippen LogP contribution >= 0.6 is 0 Å². The monoisotopic (exact) mass is 688 g/mol. The molecule has 48 heavy (non-hydrogen) atoms. The van der Waals surface area contributed by atoms with Gasteiger partial charge in [-0.2, -0.15) is 26.3 Å². The molecule has 2 heterocycles. The molecule has 15 heteroatoms. The van der Waals surface area contributed by atoms with Gasteiger partial charge < -0.3 is 24.7 Å². The van der Waals surface area contributed by atoms with E-state index in [0.717, 1.165) is 0 Å². The number of rotatable bonds is 11. The predicted octanol–water partition coefficient (Wildman–Crippen LogP) is 7.25. The lowest BCUT2D eigenvalue weighted by molar-refractivity contribution is -0.144. The molecule has 0 radical (unpaired) electrons. The van der Waals surface area contributed by atoms with E-state index in [-0.39, 0.29) is 42.8 Å². The molecule has 1 aromatic heterocycles. The van der Waals surface area contributed by atoms with E-state index in [0.29, 0.717) is 81.9 Å². The molecule has 4 rings (SSSR count). The summed E-state index contributed by atoms with van der Waals surface area (Å²) in [6.45, 7) is 3.37. The number of alkyl halides is 6. The van der Waals surface area contributed by atoms with E-state index in [2.05, 4.69) is 9.97 Å². The van der Waals surface area contributed by atoms with Crippen molar-refractivity contribution in [1.29, 1.82) is 0 Å². The number of anilines is 1. The number of aromatic nitrogens is 2. The number of aryl methyl sites for hydroxylation is 1. The van der Waals surface area contributed by atoms with Crippen LogP contribution in [0.2, 0.25) is 0 Å². The Morgan fingerprint density at radius 1 is 0.896 bits per heavy atom. The van der Waals surface area contributed by atoms with Crippen molar-refractivity contribution in [2.45, 2.75) is 121 Å². The summed E-state index contributed by atoms with van der Waals surface area (Å²) < 4.78 is 88.3. The fraction of sp³-hybridized carbons (Fsp3) is 0.636. The van der Waals surface area contributed by atoms with Crippen LogP contribution in [0.5, 0.6) is 0 Å². The number of carboxylic acids is 1. The van der Waals surface area contributed by atoms with Crippen LogP contribution in [-0.4, -0.2) is 68.0 Å². The van der Waals surface area contributed by atoms with Crippen LogP contribution in [0.1, 0.15) is 93.9 Å². The summed E-state index contributed by atoms with van der Waals surface area (Å²) in [5, 5.41) is 18.5. The Kier molecular flexibility index (Phi) is 12.2. The molecular weight excluding hydrogens is 646 g/mol. The molecule has 1 aromatic carbocycles. The lowest BCUT2D eigenvalue weighted by Crippen LogP contribution is -2.57. The summed E-state index contributed by atoms with van der Waals surface area (Å²) in [5.74, 6) is -1.22. The maximum absolute atomic E-state index is 13.7. The number of piperidine rings is 1. The Balaban J connectivity index is 1.64. The highest BCUT2D eigenvalue weighted by atomic mass is 19.4. The molecule has 1 aliphatic heterocycles. The van der Waals surface area contributed by atoms with E-state index in [1.54, 1.807) is 9.80 Å². The highest BCUT2D eigenvalue weighted by Gasteiger charge is 2.42. The van der Waals surface area contributed by atoms with Crippen LogP contribution < -0.4 is 4.90 Å². The summed E-state index contributed by atoms with van der Waals surface area (Å²) in [6.07, 6.45) is -3.62. The van der Waals surface area contributed by atoms with Crippen molar-refractivity contribution >= 4 is 18.0 Å². The molecule has 0 bridgehead atoms. The molecule has 3 atom stereocenters. The number of ether oxygens (including phenoxy) is 1. The summed E-state index contributed by atoms with van der Waals surface area (Å²) in [5.41, 5.74) is -2.34. The quantitative estimate of drug-likeness (QED) is 0.237. The van der Waals surface area contributed by atoms with E-state index >= 15 is 0 Å². The molecule has 0 spiro atoms. The number of hydrogen-bond donors (Lipinski definition) is 2. The average Bonchev–Trinajstić information content (AvgIpc) is 3.05. The first-order chi connectivity index (χ1) is 22.6. The number of aliphatic hydroxyl groups excluding tert-OH is 1. The fourth-order valence-corrected chi connectivity index (χ4v) is 6.74. The van der Waals surface area contributed by atoms with E-state index in [4.69, 9.17) is 4.74 Å². The molecule has 1 unspecified atom stereocenters. The van der Waals surface area contributed by atoms with Gasteiger partial charge >= 0.3 is 24.4 Å². The molecular formula is C33H42F6N4O5. The summed E-state index contributed by atoms with van der Waals surface area (Å²) in [6, 6.07) is 0.321. The zero-order valence-electron chi connectivity index (χ0n) is 26.9. The van der Waals surface area contributed by atoms with Crippen LogP contribution in [0, 0.1) is 5.92 Å². The number of nitrogens with zero attached hydrogens (tertiary/aromatic N) is 4. The first-order valence-corrected chi connectivity index (χ1v) is 16.3. The van der Waals surface area contributed by atoms with Gasteiger partial charge in [-0.3, -0.25) is 4.79 Å². The lowest BCUT2D eigenvalue weighted by Gasteiger charge is -2.47. The minimum atomic E-state index is -5.01. The normalized spacial score (nSPS) is 23.5. The van der Waals surface area contributed by atoms with Gasteiger partial charge in [0.25, 0.3) is 0 Å². The molecule has 1 amide bonds. The molecule has 2 N–H and O–H groups in total. The number of carbonyl (C=O) groups excluding carboxylic acids is 1. The van der Waals surface area contributed by atoms with Gasteiger partial charge in [-0.25, -0.2) is 14.8 Å². The Bertz CT molecular complexity index is 1340. The van der Waals surface area contributed by atoms with Crippen LogP contribution in [0.25, 0.3) is 0 Å². The zero-order chi connectivity index (χ0) is 35.2. The molecule has 2 aromatic rings. The first-order valence-electron chi connectivity index (χ1n) is 16.3. The van der Waals surface area contributed by atoms with Gasteiger partial charge in [-0.05, 0) is 93.5 Å². The fourth-order valence-electron chi connectivity index (χ4n) is 6.74. The minimum absolute atomic E-state index is 0.0492. The number of hydrogen-bond acceptors (Lipinski definition) is 7. The van der Waals surface area contributed by atoms with Crippen LogP contribution in [0.15, 0.2) is 30.6 Å². The maximum Gasteiger partial charge on any atom is 0.416 e. The molecule has 9 nitrogen and oxygen atoms in total. The highest BCUT2D eigenvalue weighted by Crippen LogP contribution is 2.38. The van der Waals surface area contributed by atoms with Crippen molar-refractivity contribution in [1.82, 2.24) is 14.9 Å². The second-order valence-electron chi connectivity index (χ2n) is 12.6. The SMILES string of the molecule is CC[C@@H]1CC(N(Cc2cc(C(F)(F)F)cc(C(F)(F)F)c2)c2ncc(CCCO)cn2)C[C@H](CC)N1C(=O)OC1CCC(C(=O)O)CC1. The van der Waals surface area contributed by atoms with Gasteiger partial charge in [-0.1, -0.05) is 13.8 Å². The number of halogens is 6. The number of aliphatic hydroxyl groups is 1. The standard InChI is InChI=1S/C33H42F6N4O5/c1-3-25-15-27(16-26(4-2)43(25)31(47)48-28-9-7-22(8-10-28)29(45)46)42(30-40-17-20(18-41-30)6-5-11-44)19-21-12-23(32(34,35)36)14-24(13-21)33(37,38)39/h12-14,17-18,22,25-28,44H,3-11,15-16,19H2,1-2H3,(H,45,46)/t22?,25-,26+,27?,28?. The Morgan fingerprint density at radius 3 is 1.90 bits per heavy atom. The van der Waals surface area contributed by atoms with Crippen molar-refractivity contribution in [2.75, 3.05) is 11.5 Å². The Morgan fingerprint density at radius 2 is 1.44 bits per heavy atom. The van der Waals surface area contributed by atoms with Crippen molar-refractivity contribution in [2.24, 2.45) is 5.92 Å². The van der Waals surface area contributed by atoms with Gasteiger partial charge in [0.1, 0.15) is 6.10 Å². The number of aliphatic carboxylic acids is 1. The van der Waals surface area contributed by atoms with Gasteiger partial charge in [0.2, 0.25) is 5.95 Å². The number of carbonyl (C=O) groups is 2. The number of amides is 1. The third-order valence-corrected chi connectivity index (χ3v) is 9.33. The summed E-state index contributed by atoms with van der Waals surface area (Å²) in [7, 11) is 0. The Labute approximate surface area is 275 Å². The summed E-state index contributed by atoms with van der Waals surface area (Å²) >= 11 is 0. The second kappa shape index (κ2) is 15.7. The minimum Gasteiger partial charge on any atom is -0.481 e. The molecule has 1 saturated heterocycles. The van der Waals surface area contributed by atoms with Gasteiger partial charge in [0.15, 0.2) is 0 Å². The second-order valence-corrected chi connectivity index (χ2v) is 12.6. The van der Waals surface area contributed by atoms with Gasteiger partial charge in [0.05, 0.1) is 17.0 Å². The van der Waals surface area contributed by atoms with Gasteiger partial charge in [0, 0.05) is 43.7 Å². The topological polar surface area (TPSA) is 116 Å². The number of benzene rings is 1.